The normalized spacial score (nSPS) is 24.0. The first-order chi connectivity index (χ1) is 7.19. The van der Waals surface area contributed by atoms with Crippen molar-refractivity contribution in [3.63, 3.8) is 0 Å². The number of hydrogen-bond donors (Lipinski definition) is 1. The Morgan fingerprint density at radius 1 is 1.07 bits per heavy atom. The third-order valence-corrected chi connectivity index (χ3v) is 3.34. The SMILES string of the molecule is COCC(C)N1CCN(C(C)CN)CC1. The van der Waals surface area contributed by atoms with Crippen LogP contribution in [0.5, 0.6) is 0 Å². The molecule has 0 radical (unpaired) electrons. The molecule has 0 saturated carbocycles. The quantitative estimate of drug-likeness (QED) is 0.700. The van der Waals surface area contributed by atoms with E-state index < -0.39 is 0 Å². The molecular formula is C11H25N3O. The molecule has 1 heterocycles. The highest BCUT2D eigenvalue weighted by molar-refractivity contribution is 4.79. The standard InChI is InChI=1S/C11H25N3O/c1-10(8-12)13-4-6-14(7-5-13)11(2)9-15-3/h10-11H,4-9,12H2,1-3H3. The zero-order valence-electron chi connectivity index (χ0n) is 10.3. The van der Waals surface area contributed by atoms with E-state index >= 15 is 0 Å². The lowest BCUT2D eigenvalue weighted by Gasteiger charge is -2.40. The molecule has 0 aromatic heterocycles. The van der Waals surface area contributed by atoms with Gasteiger partial charge in [-0.15, -0.1) is 0 Å². The second kappa shape index (κ2) is 6.43. The maximum atomic E-state index is 5.67. The van der Waals surface area contributed by atoms with Crippen LogP contribution in [0.25, 0.3) is 0 Å². The van der Waals surface area contributed by atoms with Crippen LogP contribution in [0, 0.1) is 0 Å². The zero-order valence-corrected chi connectivity index (χ0v) is 10.3. The first kappa shape index (κ1) is 12.9. The number of nitrogens with two attached hydrogens (primary N) is 1. The highest BCUT2D eigenvalue weighted by atomic mass is 16.5. The maximum Gasteiger partial charge on any atom is 0.0615 e. The van der Waals surface area contributed by atoms with Gasteiger partial charge in [0.15, 0.2) is 0 Å². The van der Waals surface area contributed by atoms with Crippen molar-refractivity contribution < 1.29 is 4.74 Å². The lowest BCUT2D eigenvalue weighted by Crippen LogP contribution is -2.54. The summed E-state index contributed by atoms with van der Waals surface area (Å²) in [7, 11) is 1.77. The summed E-state index contributed by atoms with van der Waals surface area (Å²) in [6, 6.07) is 1.05. The molecule has 1 saturated heterocycles. The lowest BCUT2D eigenvalue weighted by molar-refractivity contribution is 0.0461. The van der Waals surface area contributed by atoms with Gasteiger partial charge >= 0.3 is 0 Å². The van der Waals surface area contributed by atoms with E-state index in [0.29, 0.717) is 12.1 Å². The molecule has 15 heavy (non-hydrogen) atoms. The topological polar surface area (TPSA) is 41.7 Å². The van der Waals surface area contributed by atoms with Crippen molar-refractivity contribution in [1.82, 2.24) is 9.80 Å². The second-order valence-corrected chi connectivity index (χ2v) is 4.46. The van der Waals surface area contributed by atoms with Crippen LogP contribution in [0.3, 0.4) is 0 Å². The number of rotatable bonds is 5. The van der Waals surface area contributed by atoms with Crippen LogP contribution in [0.4, 0.5) is 0 Å². The molecular weight excluding hydrogens is 190 g/mol. The minimum atomic E-state index is 0.518. The summed E-state index contributed by atoms with van der Waals surface area (Å²) in [5, 5.41) is 0. The molecule has 4 nitrogen and oxygen atoms in total. The number of piperazine rings is 1. The molecule has 0 aliphatic carbocycles. The minimum Gasteiger partial charge on any atom is -0.383 e. The van der Waals surface area contributed by atoms with Crippen LogP contribution in [0.15, 0.2) is 0 Å². The van der Waals surface area contributed by atoms with E-state index in [1.807, 2.05) is 0 Å². The van der Waals surface area contributed by atoms with Crippen LogP contribution in [0.1, 0.15) is 13.8 Å². The van der Waals surface area contributed by atoms with E-state index in [2.05, 4.69) is 23.6 Å². The molecule has 1 fully saturated rings. The third kappa shape index (κ3) is 3.72. The van der Waals surface area contributed by atoms with Gasteiger partial charge in [-0.25, -0.2) is 0 Å². The summed E-state index contributed by atoms with van der Waals surface area (Å²) in [5.74, 6) is 0. The molecule has 2 N–H and O–H groups in total. The highest BCUT2D eigenvalue weighted by Gasteiger charge is 2.22. The Morgan fingerprint density at radius 2 is 1.53 bits per heavy atom. The molecule has 1 aliphatic heterocycles. The molecule has 1 aliphatic rings. The van der Waals surface area contributed by atoms with Crippen molar-refractivity contribution in [3.05, 3.63) is 0 Å². The molecule has 0 bridgehead atoms. The average molecular weight is 215 g/mol. The van der Waals surface area contributed by atoms with E-state index in [1.165, 1.54) is 0 Å². The molecule has 4 heteroatoms. The highest BCUT2D eigenvalue weighted by Crippen LogP contribution is 2.08. The zero-order chi connectivity index (χ0) is 11.3. The maximum absolute atomic E-state index is 5.67. The molecule has 0 aromatic carbocycles. The van der Waals surface area contributed by atoms with Gasteiger partial charge in [0.2, 0.25) is 0 Å². The fourth-order valence-corrected chi connectivity index (χ4v) is 2.11. The predicted octanol–water partition coefficient (Wildman–Crippen LogP) is -0.0139. The van der Waals surface area contributed by atoms with Crippen molar-refractivity contribution >= 4 is 0 Å². The van der Waals surface area contributed by atoms with Crippen LogP contribution < -0.4 is 5.73 Å². The Kier molecular flexibility index (Phi) is 5.53. The van der Waals surface area contributed by atoms with Gasteiger partial charge in [-0.2, -0.15) is 0 Å². The number of nitrogens with zero attached hydrogens (tertiary/aromatic N) is 2. The summed E-state index contributed by atoms with van der Waals surface area (Å²) in [6.45, 7) is 10.5. The molecule has 90 valence electrons. The summed E-state index contributed by atoms with van der Waals surface area (Å²) in [4.78, 5) is 4.96. The van der Waals surface area contributed by atoms with Gasteiger partial charge in [0.25, 0.3) is 0 Å². The van der Waals surface area contributed by atoms with Gasteiger partial charge in [0.1, 0.15) is 0 Å². The molecule has 1 rings (SSSR count). The summed E-state index contributed by atoms with van der Waals surface area (Å²) in [6.07, 6.45) is 0. The van der Waals surface area contributed by atoms with Crippen molar-refractivity contribution in [3.8, 4) is 0 Å². The van der Waals surface area contributed by atoms with E-state index in [4.69, 9.17) is 10.5 Å². The van der Waals surface area contributed by atoms with Crippen LogP contribution in [-0.2, 0) is 4.74 Å². The number of ether oxygens (including phenoxy) is 1. The van der Waals surface area contributed by atoms with Crippen LogP contribution >= 0.6 is 0 Å². The Balaban J connectivity index is 2.29. The van der Waals surface area contributed by atoms with Gasteiger partial charge in [0.05, 0.1) is 6.61 Å². The summed E-state index contributed by atoms with van der Waals surface area (Å²) in [5.41, 5.74) is 5.67. The number of methoxy groups -OCH3 is 1. The molecule has 0 spiro atoms. The monoisotopic (exact) mass is 215 g/mol. The fraction of sp³-hybridized carbons (Fsp3) is 1.00. The van der Waals surface area contributed by atoms with Gasteiger partial charge in [0, 0.05) is 51.9 Å². The van der Waals surface area contributed by atoms with Crippen LogP contribution in [-0.4, -0.2) is 68.3 Å². The second-order valence-electron chi connectivity index (χ2n) is 4.46. The Morgan fingerprint density at radius 3 is 1.93 bits per heavy atom. The molecule has 0 amide bonds. The van der Waals surface area contributed by atoms with Crippen molar-refractivity contribution in [2.24, 2.45) is 5.73 Å². The largest absolute Gasteiger partial charge is 0.383 e. The molecule has 2 atom stereocenters. The van der Waals surface area contributed by atoms with Crippen molar-refractivity contribution in [2.75, 3.05) is 46.4 Å². The Hall–Kier alpha value is -0.160. The average Bonchev–Trinajstić information content (AvgIpc) is 2.28. The van der Waals surface area contributed by atoms with E-state index in [-0.39, 0.29) is 0 Å². The predicted molar refractivity (Wildman–Crippen MR) is 63.0 cm³/mol. The minimum absolute atomic E-state index is 0.518. The van der Waals surface area contributed by atoms with E-state index in [0.717, 1.165) is 39.3 Å². The summed E-state index contributed by atoms with van der Waals surface area (Å²) < 4.78 is 5.18. The van der Waals surface area contributed by atoms with E-state index in [9.17, 15) is 0 Å². The Bertz CT molecular complexity index is 169. The first-order valence-electron chi connectivity index (χ1n) is 5.86. The molecule has 0 aromatic rings. The third-order valence-electron chi connectivity index (χ3n) is 3.34. The number of hydrogen-bond acceptors (Lipinski definition) is 4. The van der Waals surface area contributed by atoms with Crippen molar-refractivity contribution in [1.29, 1.82) is 0 Å². The summed E-state index contributed by atoms with van der Waals surface area (Å²) >= 11 is 0. The van der Waals surface area contributed by atoms with Gasteiger partial charge in [-0.1, -0.05) is 0 Å². The van der Waals surface area contributed by atoms with Gasteiger partial charge < -0.3 is 10.5 Å². The lowest BCUT2D eigenvalue weighted by atomic mass is 10.2. The molecule has 2 unspecified atom stereocenters. The Labute approximate surface area is 93.4 Å². The first-order valence-corrected chi connectivity index (χ1v) is 5.86. The smallest absolute Gasteiger partial charge is 0.0615 e. The van der Waals surface area contributed by atoms with E-state index in [1.54, 1.807) is 7.11 Å². The van der Waals surface area contributed by atoms with Gasteiger partial charge in [-0.05, 0) is 13.8 Å². The van der Waals surface area contributed by atoms with Gasteiger partial charge in [-0.3, -0.25) is 9.80 Å². The van der Waals surface area contributed by atoms with Crippen molar-refractivity contribution in [2.45, 2.75) is 25.9 Å². The fourth-order valence-electron chi connectivity index (χ4n) is 2.11. The van der Waals surface area contributed by atoms with Crippen LogP contribution in [0.2, 0.25) is 0 Å².